The van der Waals surface area contributed by atoms with E-state index >= 15 is 0 Å². The zero-order chi connectivity index (χ0) is 16.9. The van der Waals surface area contributed by atoms with Gasteiger partial charge in [-0.05, 0) is 52.7 Å². The summed E-state index contributed by atoms with van der Waals surface area (Å²) in [5, 5.41) is 4.35. The molecular formula is C18H18BrN3OS. The highest BCUT2D eigenvalue weighted by molar-refractivity contribution is 9.11. The highest BCUT2D eigenvalue weighted by Crippen LogP contribution is 2.23. The molecule has 0 aliphatic carbocycles. The van der Waals surface area contributed by atoms with Crippen LogP contribution in [0.4, 0.5) is 0 Å². The van der Waals surface area contributed by atoms with Crippen molar-refractivity contribution in [3.8, 4) is 5.69 Å². The van der Waals surface area contributed by atoms with Gasteiger partial charge in [0.1, 0.15) is 0 Å². The van der Waals surface area contributed by atoms with Crippen molar-refractivity contribution in [1.82, 2.24) is 14.7 Å². The number of likely N-dealkylation sites (N-methyl/N-ethyl adjacent to an activating group) is 1. The van der Waals surface area contributed by atoms with Crippen LogP contribution in [0.5, 0.6) is 0 Å². The molecule has 0 aliphatic heterocycles. The van der Waals surface area contributed by atoms with Crippen LogP contribution in [0, 0.1) is 0 Å². The van der Waals surface area contributed by atoms with Gasteiger partial charge in [0.2, 0.25) is 5.91 Å². The van der Waals surface area contributed by atoms with Crippen LogP contribution in [0.2, 0.25) is 0 Å². The summed E-state index contributed by atoms with van der Waals surface area (Å²) in [4.78, 5) is 15.6. The van der Waals surface area contributed by atoms with E-state index in [-0.39, 0.29) is 5.91 Å². The van der Waals surface area contributed by atoms with Crippen LogP contribution in [0.3, 0.4) is 0 Å². The molecule has 0 radical (unpaired) electrons. The number of hydrogen-bond acceptors (Lipinski definition) is 3. The van der Waals surface area contributed by atoms with Crippen molar-refractivity contribution in [3.05, 3.63) is 69.1 Å². The molecule has 0 N–H and O–H groups in total. The molecule has 4 nitrogen and oxygen atoms in total. The van der Waals surface area contributed by atoms with Gasteiger partial charge in [0.15, 0.2) is 0 Å². The van der Waals surface area contributed by atoms with Crippen LogP contribution in [-0.4, -0.2) is 27.1 Å². The van der Waals surface area contributed by atoms with E-state index in [1.165, 1.54) is 4.88 Å². The number of hydrogen-bond donors (Lipinski definition) is 0. The lowest BCUT2D eigenvalue weighted by Gasteiger charge is -2.19. The van der Waals surface area contributed by atoms with Gasteiger partial charge in [-0.25, -0.2) is 4.68 Å². The number of benzene rings is 1. The van der Waals surface area contributed by atoms with Gasteiger partial charge in [-0.2, -0.15) is 5.10 Å². The first kappa shape index (κ1) is 16.9. The first-order valence-electron chi connectivity index (χ1n) is 7.76. The second-order valence-corrected chi connectivity index (χ2v) is 7.97. The van der Waals surface area contributed by atoms with E-state index < -0.39 is 0 Å². The van der Waals surface area contributed by atoms with Gasteiger partial charge in [0, 0.05) is 17.6 Å². The quantitative estimate of drug-likeness (QED) is 0.615. The largest absolute Gasteiger partial charge is 0.338 e. The van der Waals surface area contributed by atoms with Gasteiger partial charge in [-0.1, -0.05) is 18.2 Å². The molecule has 3 rings (SSSR count). The molecule has 0 atom stereocenters. The molecule has 3 aromatic rings. The third kappa shape index (κ3) is 4.13. The fraction of sp³-hybridized carbons (Fsp3) is 0.222. The number of thiophene rings is 1. The lowest BCUT2D eigenvalue weighted by molar-refractivity contribution is -0.130. The first-order chi connectivity index (χ1) is 11.7. The monoisotopic (exact) mass is 403 g/mol. The average Bonchev–Trinajstić information content (AvgIpc) is 3.22. The molecule has 0 saturated heterocycles. The summed E-state index contributed by atoms with van der Waals surface area (Å²) in [6.45, 7) is 3.35. The molecule has 0 saturated carbocycles. The number of halogens is 1. The Labute approximate surface area is 153 Å². The third-order valence-corrected chi connectivity index (χ3v) is 5.33. The van der Waals surface area contributed by atoms with Gasteiger partial charge in [0.05, 0.1) is 28.6 Å². The summed E-state index contributed by atoms with van der Waals surface area (Å²) >= 11 is 5.13. The topological polar surface area (TPSA) is 38.1 Å². The van der Waals surface area contributed by atoms with Crippen LogP contribution in [0.1, 0.15) is 17.4 Å². The minimum atomic E-state index is 0.120. The Morgan fingerprint density at radius 2 is 2.04 bits per heavy atom. The molecule has 1 aromatic carbocycles. The van der Waals surface area contributed by atoms with Crippen LogP contribution in [-0.2, 0) is 17.8 Å². The van der Waals surface area contributed by atoms with Crippen LogP contribution in [0.25, 0.3) is 5.69 Å². The Hall–Kier alpha value is -1.92. The van der Waals surface area contributed by atoms with Gasteiger partial charge < -0.3 is 4.90 Å². The van der Waals surface area contributed by atoms with E-state index in [1.54, 1.807) is 22.2 Å². The lowest BCUT2D eigenvalue weighted by atomic mass is 10.2. The van der Waals surface area contributed by atoms with E-state index in [2.05, 4.69) is 27.1 Å². The second-order valence-electron chi connectivity index (χ2n) is 5.42. The van der Waals surface area contributed by atoms with Crippen molar-refractivity contribution >= 4 is 33.2 Å². The van der Waals surface area contributed by atoms with Crippen molar-refractivity contribution in [1.29, 1.82) is 0 Å². The minimum absolute atomic E-state index is 0.120. The van der Waals surface area contributed by atoms with Gasteiger partial charge >= 0.3 is 0 Å². The predicted octanol–water partition coefficient (Wildman–Crippen LogP) is 4.29. The van der Waals surface area contributed by atoms with Crippen LogP contribution >= 0.6 is 27.3 Å². The van der Waals surface area contributed by atoms with E-state index in [0.29, 0.717) is 19.5 Å². The summed E-state index contributed by atoms with van der Waals surface area (Å²) in [6, 6.07) is 14.0. The lowest BCUT2D eigenvalue weighted by Crippen LogP contribution is -2.31. The molecule has 0 unspecified atom stereocenters. The SMILES string of the molecule is CCN(Cc1ccc(Br)s1)C(=O)Cc1cnn(-c2ccccc2)c1. The smallest absolute Gasteiger partial charge is 0.227 e. The maximum atomic E-state index is 12.6. The number of carbonyl (C=O) groups is 1. The third-order valence-electron chi connectivity index (χ3n) is 3.72. The van der Waals surface area contributed by atoms with Crippen LogP contribution < -0.4 is 0 Å². The number of amides is 1. The summed E-state index contributed by atoms with van der Waals surface area (Å²) in [5.41, 5.74) is 1.92. The molecule has 2 aromatic heterocycles. The van der Waals surface area contributed by atoms with Gasteiger partial charge in [0.25, 0.3) is 0 Å². The molecule has 0 aliphatic rings. The number of rotatable bonds is 6. The standard InChI is InChI=1S/C18H18BrN3OS/c1-2-21(13-16-8-9-17(19)24-16)18(23)10-14-11-20-22(12-14)15-6-4-3-5-7-15/h3-9,11-12H,2,10,13H2,1H3. The van der Waals surface area contributed by atoms with E-state index in [9.17, 15) is 4.79 Å². The highest BCUT2D eigenvalue weighted by atomic mass is 79.9. The Morgan fingerprint density at radius 3 is 2.71 bits per heavy atom. The van der Waals surface area contributed by atoms with Crippen molar-refractivity contribution in [2.75, 3.05) is 6.54 Å². The number of para-hydroxylation sites is 1. The normalized spacial score (nSPS) is 10.8. The maximum absolute atomic E-state index is 12.6. The zero-order valence-corrected chi connectivity index (χ0v) is 15.8. The molecule has 0 spiro atoms. The summed E-state index contributed by atoms with van der Waals surface area (Å²) < 4.78 is 2.89. The minimum Gasteiger partial charge on any atom is -0.338 e. The van der Waals surface area contributed by atoms with E-state index in [4.69, 9.17) is 0 Å². The van der Waals surface area contributed by atoms with Gasteiger partial charge in [-0.3, -0.25) is 4.79 Å². The highest BCUT2D eigenvalue weighted by Gasteiger charge is 2.15. The molecule has 0 bridgehead atoms. The van der Waals surface area contributed by atoms with Crippen LogP contribution in [0.15, 0.2) is 58.6 Å². The molecule has 2 heterocycles. The van der Waals surface area contributed by atoms with Crippen molar-refractivity contribution in [2.24, 2.45) is 0 Å². The molecular weight excluding hydrogens is 386 g/mol. The summed E-state index contributed by atoms with van der Waals surface area (Å²) in [5.74, 6) is 0.120. The van der Waals surface area contributed by atoms with Crippen molar-refractivity contribution in [2.45, 2.75) is 19.9 Å². The predicted molar refractivity (Wildman–Crippen MR) is 100 cm³/mol. The van der Waals surface area contributed by atoms with Crippen molar-refractivity contribution < 1.29 is 4.79 Å². The molecule has 24 heavy (non-hydrogen) atoms. The molecule has 6 heteroatoms. The number of carbonyl (C=O) groups excluding carboxylic acids is 1. The van der Waals surface area contributed by atoms with E-state index in [0.717, 1.165) is 15.0 Å². The Balaban J connectivity index is 1.66. The first-order valence-corrected chi connectivity index (χ1v) is 9.37. The summed E-state index contributed by atoms with van der Waals surface area (Å²) in [6.07, 6.45) is 4.05. The molecule has 124 valence electrons. The number of aromatic nitrogens is 2. The molecule has 1 amide bonds. The summed E-state index contributed by atoms with van der Waals surface area (Å²) in [7, 11) is 0. The van der Waals surface area contributed by atoms with Crippen molar-refractivity contribution in [3.63, 3.8) is 0 Å². The Kier molecular flexibility index (Phi) is 5.48. The maximum Gasteiger partial charge on any atom is 0.227 e. The number of nitrogens with zero attached hydrogens (tertiary/aromatic N) is 3. The Morgan fingerprint density at radius 1 is 1.25 bits per heavy atom. The molecule has 0 fully saturated rings. The zero-order valence-electron chi connectivity index (χ0n) is 13.4. The van der Waals surface area contributed by atoms with E-state index in [1.807, 2.05) is 54.4 Å². The average molecular weight is 404 g/mol. The second kappa shape index (κ2) is 7.77. The van der Waals surface area contributed by atoms with Gasteiger partial charge in [-0.15, -0.1) is 11.3 Å². The fourth-order valence-electron chi connectivity index (χ4n) is 2.46. The Bertz CT molecular complexity index is 813. The fourth-order valence-corrected chi connectivity index (χ4v) is 3.96.